The highest BCUT2D eigenvalue weighted by atomic mass is 16.5. The molecule has 23 heavy (non-hydrogen) atoms. The van der Waals surface area contributed by atoms with Crippen LogP contribution in [0.4, 0.5) is 0 Å². The van der Waals surface area contributed by atoms with Gasteiger partial charge in [0.1, 0.15) is 0 Å². The third kappa shape index (κ3) is 5.28. The molecule has 0 atom stereocenters. The van der Waals surface area contributed by atoms with Gasteiger partial charge in [0, 0.05) is 46.4 Å². The van der Waals surface area contributed by atoms with E-state index in [1.807, 2.05) is 7.11 Å². The van der Waals surface area contributed by atoms with Crippen molar-refractivity contribution >= 4 is 0 Å². The van der Waals surface area contributed by atoms with Crippen LogP contribution >= 0.6 is 0 Å². The summed E-state index contributed by atoms with van der Waals surface area (Å²) in [4.78, 5) is 5.06. The van der Waals surface area contributed by atoms with Gasteiger partial charge in [-0.3, -0.25) is 9.80 Å². The molecule has 0 radical (unpaired) electrons. The number of hydrogen-bond acceptors (Lipinski definition) is 4. The van der Waals surface area contributed by atoms with Crippen molar-refractivity contribution in [3.05, 3.63) is 35.4 Å². The number of benzene rings is 1. The van der Waals surface area contributed by atoms with Crippen LogP contribution in [0, 0.1) is 0 Å². The summed E-state index contributed by atoms with van der Waals surface area (Å²) in [5, 5.41) is 0. The molecular formula is C19H30N2O2. The molecule has 4 nitrogen and oxygen atoms in total. The zero-order valence-electron chi connectivity index (χ0n) is 14.4. The minimum absolute atomic E-state index is 0.464. The second kappa shape index (κ2) is 8.78. The fourth-order valence-electron chi connectivity index (χ4n) is 3.56. The Hall–Kier alpha value is -0.940. The van der Waals surface area contributed by atoms with Gasteiger partial charge in [0.05, 0.1) is 19.3 Å². The Balaban J connectivity index is 1.47. The van der Waals surface area contributed by atoms with Gasteiger partial charge in [0.15, 0.2) is 0 Å². The van der Waals surface area contributed by atoms with Crippen LogP contribution in [-0.4, -0.2) is 69.0 Å². The average Bonchev–Trinajstić information content (AvgIpc) is 2.62. The van der Waals surface area contributed by atoms with Crippen LogP contribution < -0.4 is 0 Å². The normalized spacial score (nSPS) is 21.6. The predicted molar refractivity (Wildman–Crippen MR) is 92.7 cm³/mol. The Kier molecular flexibility index (Phi) is 6.46. The molecule has 0 amide bonds. The SMILES string of the molecule is COC1CCN(Cc2cccc(CCN3CCOCC3)c2)CC1. The van der Waals surface area contributed by atoms with Crippen molar-refractivity contribution in [2.45, 2.75) is 31.9 Å². The molecule has 128 valence electrons. The quantitative estimate of drug-likeness (QED) is 0.802. The molecule has 0 saturated carbocycles. The molecule has 0 N–H and O–H groups in total. The molecule has 2 aliphatic heterocycles. The van der Waals surface area contributed by atoms with Crippen molar-refractivity contribution in [2.75, 3.05) is 53.0 Å². The Morgan fingerprint density at radius 1 is 1.04 bits per heavy atom. The lowest BCUT2D eigenvalue weighted by Gasteiger charge is -2.31. The summed E-state index contributed by atoms with van der Waals surface area (Å²) < 4.78 is 10.9. The Morgan fingerprint density at radius 2 is 1.78 bits per heavy atom. The number of nitrogens with zero attached hydrogens (tertiary/aromatic N) is 2. The predicted octanol–water partition coefficient (Wildman–Crippen LogP) is 2.17. The lowest BCUT2D eigenvalue weighted by atomic mass is 10.0. The lowest BCUT2D eigenvalue weighted by Crippen LogP contribution is -2.37. The zero-order valence-corrected chi connectivity index (χ0v) is 14.4. The van der Waals surface area contributed by atoms with Gasteiger partial charge in [-0.2, -0.15) is 0 Å². The van der Waals surface area contributed by atoms with Crippen LogP contribution in [0.3, 0.4) is 0 Å². The number of morpholine rings is 1. The average molecular weight is 318 g/mol. The standard InChI is InChI=1S/C19H30N2O2/c1-22-19-6-9-21(10-7-19)16-18-4-2-3-17(15-18)5-8-20-11-13-23-14-12-20/h2-4,15,19H,5-14,16H2,1H3. The number of methoxy groups -OCH3 is 1. The molecule has 1 aromatic carbocycles. The maximum Gasteiger partial charge on any atom is 0.0595 e. The number of hydrogen-bond donors (Lipinski definition) is 0. The summed E-state index contributed by atoms with van der Waals surface area (Å²) in [6.45, 7) is 8.44. The summed E-state index contributed by atoms with van der Waals surface area (Å²) in [6.07, 6.45) is 3.92. The molecule has 2 fully saturated rings. The summed E-state index contributed by atoms with van der Waals surface area (Å²) in [5.74, 6) is 0. The van der Waals surface area contributed by atoms with Crippen molar-refractivity contribution in [3.8, 4) is 0 Å². The Bertz CT molecular complexity index is 466. The van der Waals surface area contributed by atoms with E-state index in [-0.39, 0.29) is 0 Å². The first-order chi connectivity index (χ1) is 11.3. The van der Waals surface area contributed by atoms with E-state index in [1.165, 1.54) is 11.1 Å². The first-order valence-electron chi connectivity index (χ1n) is 8.96. The third-order valence-corrected chi connectivity index (χ3v) is 5.09. The number of piperidine rings is 1. The van der Waals surface area contributed by atoms with Gasteiger partial charge in [-0.25, -0.2) is 0 Å². The van der Waals surface area contributed by atoms with Crippen molar-refractivity contribution in [2.24, 2.45) is 0 Å². The van der Waals surface area contributed by atoms with Crippen LogP contribution in [0.25, 0.3) is 0 Å². The lowest BCUT2D eigenvalue weighted by molar-refractivity contribution is 0.0383. The highest BCUT2D eigenvalue weighted by molar-refractivity contribution is 5.23. The molecule has 0 unspecified atom stereocenters. The highest BCUT2D eigenvalue weighted by Gasteiger charge is 2.18. The van der Waals surface area contributed by atoms with E-state index in [2.05, 4.69) is 34.1 Å². The Labute approximate surface area is 140 Å². The fourth-order valence-corrected chi connectivity index (χ4v) is 3.56. The molecule has 0 aliphatic carbocycles. The Morgan fingerprint density at radius 3 is 2.52 bits per heavy atom. The zero-order chi connectivity index (χ0) is 15.9. The van der Waals surface area contributed by atoms with Gasteiger partial charge in [-0.1, -0.05) is 24.3 Å². The van der Waals surface area contributed by atoms with Crippen LogP contribution in [-0.2, 0) is 22.4 Å². The largest absolute Gasteiger partial charge is 0.381 e. The van der Waals surface area contributed by atoms with Crippen molar-refractivity contribution < 1.29 is 9.47 Å². The summed E-state index contributed by atoms with van der Waals surface area (Å²) >= 11 is 0. The molecule has 0 aromatic heterocycles. The third-order valence-electron chi connectivity index (χ3n) is 5.09. The number of likely N-dealkylation sites (tertiary alicyclic amines) is 1. The van der Waals surface area contributed by atoms with Gasteiger partial charge >= 0.3 is 0 Å². The van der Waals surface area contributed by atoms with Crippen molar-refractivity contribution in [1.29, 1.82) is 0 Å². The van der Waals surface area contributed by atoms with E-state index >= 15 is 0 Å². The molecule has 2 aliphatic rings. The maximum absolute atomic E-state index is 5.46. The highest BCUT2D eigenvalue weighted by Crippen LogP contribution is 2.16. The minimum Gasteiger partial charge on any atom is -0.381 e. The number of ether oxygens (including phenoxy) is 2. The van der Waals surface area contributed by atoms with Crippen LogP contribution in [0.5, 0.6) is 0 Å². The molecule has 3 rings (SSSR count). The van der Waals surface area contributed by atoms with Crippen LogP contribution in [0.2, 0.25) is 0 Å². The van der Waals surface area contributed by atoms with Gasteiger partial charge in [0.2, 0.25) is 0 Å². The molecule has 1 aromatic rings. The fraction of sp³-hybridized carbons (Fsp3) is 0.684. The molecule has 0 bridgehead atoms. The smallest absolute Gasteiger partial charge is 0.0595 e. The van der Waals surface area contributed by atoms with E-state index in [4.69, 9.17) is 9.47 Å². The molecule has 2 saturated heterocycles. The van der Waals surface area contributed by atoms with Gasteiger partial charge in [0.25, 0.3) is 0 Å². The number of rotatable bonds is 6. The van der Waals surface area contributed by atoms with Gasteiger partial charge in [-0.05, 0) is 30.4 Å². The van der Waals surface area contributed by atoms with E-state index in [9.17, 15) is 0 Å². The van der Waals surface area contributed by atoms with Crippen molar-refractivity contribution in [1.82, 2.24) is 9.80 Å². The summed E-state index contributed by atoms with van der Waals surface area (Å²) in [5.41, 5.74) is 2.90. The monoisotopic (exact) mass is 318 g/mol. The van der Waals surface area contributed by atoms with E-state index < -0.39 is 0 Å². The molecule has 0 spiro atoms. The van der Waals surface area contributed by atoms with E-state index in [0.29, 0.717) is 6.10 Å². The minimum atomic E-state index is 0.464. The van der Waals surface area contributed by atoms with Crippen LogP contribution in [0.1, 0.15) is 24.0 Å². The molecular weight excluding hydrogens is 288 g/mol. The first-order valence-corrected chi connectivity index (χ1v) is 8.96. The molecule has 4 heteroatoms. The second-order valence-corrected chi connectivity index (χ2v) is 6.74. The second-order valence-electron chi connectivity index (χ2n) is 6.74. The summed E-state index contributed by atoms with van der Waals surface area (Å²) in [7, 11) is 1.83. The van der Waals surface area contributed by atoms with E-state index in [1.54, 1.807) is 0 Å². The summed E-state index contributed by atoms with van der Waals surface area (Å²) in [6, 6.07) is 9.14. The molecule has 2 heterocycles. The van der Waals surface area contributed by atoms with Gasteiger partial charge in [-0.15, -0.1) is 0 Å². The van der Waals surface area contributed by atoms with Crippen LogP contribution in [0.15, 0.2) is 24.3 Å². The van der Waals surface area contributed by atoms with Crippen molar-refractivity contribution in [3.63, 3.8) is 0 Å². The first kappa shape index (κ1) is 16.9. The topological polar surface area (TPSA) is 24.9 Å². The van der Waals surface area contributed by atoms with E-state index in [0.717, 1.165) is 71.7 Å². The maximum atomic E-state index is 5.46. The van der Waals surface area contributed by atoms with Gasteiger partial charge < -0.3 is 9.47 Å².